The number of allylic oxidation sites excluding steroid dienone is 2. The predicted octanol–water partition coefficient (Wildman–Crippen LogP) is 2.69. The van der Waals surface area contributed by atoms with Gasteiger partial charge in [-0.15, -0.1) is 0 Å². The van der Waals surface area contributed by atoms with Gasteiger partial charge < -0.3 is 25.2 Å². The zero-order valence-corrected chi connectivity index (χ0v) is 21.1. The average Bonchev–Trinajstić information content (AvgIpc) is 3.34. The van der Waals surface area contributed by atoms with Gasteiger partial charge in [-0.1, -0.05) is 55.3 Å². The normalized spacial score (nSPS) is 22.7. The van der Waals surface area contributed by atoms with Gasteiger partial charge in [-0.2, -0.15) is 0 Å². The van der Waals surface area contributed by atoms with Gasteiger partial charge in [0.2, 0.25) is 11.8 Å². The van der Waals surface area contributed by atoms with Gasteiger partial charge in [0.1, 0.15) is 6.61 Å². The number of ether oxygens (including phenoxy) is 2. The Hall–Kier alpha value is -2.71. The number of hydrogen-bond donors (Lipinski definition) is 3. The van der Waals surface area contributed by atoms with Crippen LogP contribution < -0.4 is 10.6 Å². The van der Waals surface area contributed by atoms with Crippen molar-refractivity contribution in [1.82, 2.24) is 10.6 Å². The molecule has 8 nitrogen and oxygen atoms in total. The summed E-state index contributed by atoms with van der Waals surface area (Å²) in [4.78, 5) is 38.9. The molecule has 36 heavy (non-hydrogen) atoms. The van der Waals surface area contributed by atoms with Gasteiger partial charge in [-0.25, -0.2) is 0 Å². The molecule has 2 aliphatic rings. The first-order valence-corrected chi connectivity index (χ1v) is 13.1. The van der Waals surface area contributed by atoms with Crippen molar-refractivity contribution in [1.29, 1.82) is 0 Å². The summed E-state index contributed by atoms with van der Waals surface area (Å²) in [5.74, 6) is -1.36. The Balaban J connectivity index is 1.67. The van der Waals surface area contributed by atoms with E-state index in [0.29, 0.717) is 38.8 Å². The van der Waals surface area contributed by atoms with Gasteiger partial charge in [0.15, 0.2) is 0 Å². The van der Waals surface area contributed by atoms with E-state index in [2.05, 4.69) is 10.6 Å². The van der Waals surface area contributed by atoms with E-state index >= 15 is 0 Å². The van der Waals surface area contributed by atoms with Crippen molar-refractivity contribution >= 4 is 17.8 Å². The van der Waals surface area contributed by atoms with E-state index in [1.807, 2.05) is 42.5 Å². The molecule has 1 aliphatic carbocycles. The highest BCUT2D eigenvalue weighted by atomic mass is 16.5. The van der Waals surface area contributed by atoms with Crippen LogP contribution in [0.4, 0.5) is 0 Å². The van der Waals surface area contributed by atoms with Crippen LogP contribution in [0.15, 0.2) is 42.5 Å². The first-order valence-electron chi connectivity index (χ1n) is 13.1. The monoisotopic (exact) mass is 500 g/mol. The number of esters is 1. The maximum absolute atomic E-state index is 13.3. The number of carbonyl (C=O) groups excluding carboxylic acids is 3. The molecule has 3 N–H and O–H groups in total. The lowest BCUT2D eigenvalue weighted by Crippen LogP contribution is -2.52. The van der Waals surface area contributed by atoms with Crippen molar-refractivity contribution in [2.75, 3.05) is 33.0 Å². The summed E-state index contributed by atoms with van der Waals surface area (Å²) in [5.41, 5.74) is 0.527. The largest absolute Gasteiger partial charge is 0.463 e. The molecule has 1 aromatic carbocycles. The van der Waals surface area contributed by atoms with Gasteiger partial charge in [0.05, 0.1) is 37.2 Å². The van der Waals surface area contributed by atoms with Crippen LogP contribution in [-0.4, -0.2) is 61.4 Å². The minimum Gasteiger partial charge on any atom is -0.463 e. The van der Waals surface area contributed by atoms with Gasteiger partial charge in [0, 0.05) is 13.0 Å². The molecule has 198 valence electrons. The lowest BCUT2D eigenvalue weighted by Gasteiger charge is -2.32. The van der Waals surface area contributed by atoms with E-state index < -0.39 is 11.5 Å². The molecule has 0 aromatic heterocycles. The topological polar surface area (TPSA) is 114 Å². The number of cyclic esters (lactones) is 1. The van der Waals surface area contributed by atoms with E-state index in [-0.39, 0.29) is 49.9 Å². The summed E-state index contributed by atoms with van der Waals surface area (Å²) < 4.78 is 11.0. The number of benzene rings is 1. The molecule has 2 atom stereocenters. The number of carbonyl (C=O) groups is 3. The molecule has 1 spiro atoms. The summed E-state index contributed by atoms with van der Waals surface area (Å²) in [6.45, 7) is 0.960. The number of aliphatic hydroxyl groups excluding tert-OH is 1. The van der Waals surface area contributed by atoms with E-state index in [1.54, 1.807) is 0 Å². The van der Waals surface area contributed by atoms with Crippen LogP contribution in [-0.2, 0) is 30.3 Å². The Kier molecular flexibility index (Phi) is 11.4. The molecule has 1 saturated carbocycles. The number of aliphatic hydroxyl groups is 1. The van der Waals surface area contributed by atoms with Gasteiger partial charge in [-0.05, 0) is 44.1 Å². The minimum atomic E-state index is -0.575. The van der Waals surface area contributed by atoms with Crippen LogP contribution in [0.2, 0.25) is 0 Å². The molecular weight excluding hydrogens is 460 g/mol. The van der Waals surface area contributed by atoms with Gasteiger partial charge in [0.25, 0.3) is 0 Å². The van der Waals surface area contributed by atoms with Crippen molar-refractivity contribution < 1.29 is 29.0 Å². The fraction of sp³-hybridized carbons (Fsp3) is 0.607. The SMILES string of the molecule is O=C(CC1CC=CCCC(Cc2ccccc2)C(=O)OCC2(CCCC2)NC1=O)NCCOCCO. The third-order valence-corrected chi connectivity index (χ3v) is 6.97. The summed E-state index contributed by atoms with van der Waals surface area (Å²) in [6, 6.07) is 9.96. The molecule has 0 radical (unpaired) electrons. The van der Waals surface area contributed by atoms with E-state index in [9.17, 15) is 14.4 Å². The van der Waals surface area contributed by atoms with Crippen LogP contribution in [0.1, 0.15) is 56.9 Å². The van der Waals surface area contributed by atoms with E-state index in [1.165, 1.54) is 0 Å². The second kappa shape index (κ2) is 14.8. The summed E-state index contributed by atoms with van der Waals surface area (Å²) in [6.07, 6.45) is 9.89. The fourth-order valence-electron chi connectivity index (χ4n) is 4.93. The maximum atomic E-state index is 13.3. The van der Waals surface area contributed by atoms with Crippen LogP contribution >= 0.6 is 0 Å². The van der Waals surface area contributed by atoms with Crippen LogP contribution in [0, 0.1) is 11.8 Å². The second-order valence-corrected chi connectivity index (χ2v) is 9.84. The van der Waals surface area contributed by atoms with Gasteiger partial charge >= 0.3 is 5.97 Å². The smallest absolute Gasteiger partial charge is 0.309 e. The standard InChI is InChI=1S/C28H40N2O6/c31-16-18-35-17-15-29-25(32)20-23-11-5-2-6-12-24(19-22-9-3-1-4-10-22)27(34)36-21-28(30-26(23)33)13-7-8-14-28/h1-5,9-10,23-24,31H,6-8,11-21H2,(H,29,32)(H,30,33). The summed E-state index contributed by atoms with van der Waals surface area (Å²) in [5, 5.41) is 14.7. The third-order valence-electron chi connectivity index (χ3n) is 6.97. The van der Waals surface area contributed by atoms with Crippen molar-refractivity contribution in [3.63, 3.8) is 0 Å². The molecule has 0 saturated heterocycles. The van der Waals surface area contributed by atoms with E-state index in [0.717, 1.165) is 31.2 Å². The number of hydrogen-bond acceptors (Lipinski definition) is 6. The molecule has 2 amide bonds. The highest BCUT2D eigenvalue weighted by Crippen LogP contribution is 2.31. The summed E-state index contributed by atoms with van der Waals surface area (Å²) in [7, 11) is 0. The molecule has 1 heterocycles. The Labute approximate surface area is 213 Å². The molecule has 2 unspecified atom stereocenters. The molecule has 3 rings (SSSR count). The summed E-state index contributed by atoms with van der Waals surface area (Å²) >= 11 is 0. The molecule has 0 bridgehead atoms. The van der Waals surface area contributed by atoms with Crippen LogP contribution in [0.3, 0.4) is 0 Å². The highest BCUT2D eigenvalue weighted by molar-refractivity contribution is 5.86. The van der Waals surface area contributed by atoms with Crippen LogP contribution in [0.5, 0.6) is 0 Å². The molecular formula is C28H40N2O6. The first-order chi connectivity index (χ1) is 17.5. The predicted molar refractivity (Wildman–Crippen MR) is 136 cm³/mol. The molecule has 8 heteroatoms. The van der Waals surface area contributed by atoms with Crippen LogP contribution in [0.25, 0.3) is 0 Å². The molecule has 1 fully saturated rings. The lowest BCUT2D eigenvalue weighted by atomic mass is 9.94. The lowest BCUT2D eigenvalue weighted by molar-refractivity contribution is -0.152. The Morgan fingerprint density at radius 1 is 1.11 bits per heavy atom. The maximum Gasteiger partial charge on any atom is 0.309 e. The second-order valence-electron chi connectivity index (χ2n) is 9.84. The molecule has 1 aliphatic heterocycles. The Morgan fingerprint density at radius 2 is 1.89 bits per heavy atom. The van der Waals surface area contributed by atoms with E-state index in [4.69, 9.17) is 14.6 Å². The van der Waals surface area contributed by atoms with Crippen molar-refractivity contribution in [2.45, 2.75) is 63.3 Å². The van der Waals surface area contributed by atoms with Crippen molar-refractivity contribution in [3.05, 3.63) is 48.0 Å². The fourth-order valence-corrected chi connectivity index (χ4v) is 4.93. The number of rotatable bonds is 9. The first kappa shape index (κ1) is 27.9. The Bertz CT molecular complexity index is 866. The average molecular weight is 501 g/mol. The Morgan fingerprint density at radius 3 is 2.64 bits per heavy atom. The number of nitrogens with one attached hydrogen (secondary N) is 2. The third kappa shape index (κ3) is 9.06. The highest BCUT2D eigenvalue weighted by Gasteiger charge is 2.39. The van der Waals surface area contributed by atoms with Crippen molar-refractivity contribution in [2.24, 2.45) is 11.8 Å². The zero-order chi connectivity index (χ0) is 25.6. The quantitative estimate of drug-likeness (QED) is 0.273. The zero-order valence-electron chi connectivity index (χ0n) is 21.1. The number of amides is 2. The molecule has 1 aromatic rings. The van der Waals surface area contributed by atoms with Crippen molar-refractivity contribution in [3.8, 4) is 0 Å². The minimum absolute atomic E-state index is 0.0629. The van der Waals surface area contributed by atoms with Gasteiger partial charge in [-0.3, -0.25) is 14.4 Å².